The highest BCUT2D eigenvalue weighted by molar-refractivity contribution is 6.03. The van der Waals surface area contributed by atoms with Crippen molar-refractivity contribution in [1.29, 1.82) is 0 Å². The maximum atomic E-state index is 14.6. The number of nitrogens with two attached hydrogens (primary N) is 1. The van der Waals surface area contributed by atoms with Crippen LogP contribution in [0.1, 0.15) is 50.7 Å². The molecule has 10 heteroatoms. The van der Waals surface area contributed by atoms with Gasteiger partial charge < -0.3 is 26.4 Å². The van der Waals surface area contributed by atoms with Gasteiger partial charge in [-0.15, -0.1) is 0 Å². The van der Waals surface area contributed by atoms with Gasteiger partial charge in [0.15, 0.2) is 0 Å². The van der Waals surface area contributed by atoms with Crippen LogP contribution < -0.4 is 26.4 Å². The van der Waals surface area contributed by atoms with Gasteiger partial charge in [-0.05, 0) is 50.8 Å². The Bertz CT molecular complexity index is 1030. The first kappa shape index (κ1) is 26.2. The quantitative estimate of drug-likeness (QED) is 0.391. The van der Waals surface area contributed by atoms with Crippen molar-refractivity contribution in [3.63, 3.8) is 0 Å². The third kappa shape index (κ3) is 6.80. The van der Waals surface area contributed by atoms with E-state index in [1.807, 2.05) is 12.1 Å². The van der Waals surface area contributed by atoms with Crippen molar-refractivity contribution >= 4 is 29.7 Å². The van der Waals surface area contributed by atoms with Crippen molar-refractivity contribution in [2.75, 3.05) is 13.7 Å². The van der Waals surface area contributed by atoms with Crippen molar-refractivity contribution in [2.24, 2.45) is 11.7 Å². The van der Waals surface area contributed by atoms with Crippen LogP contribution in [-0.4, -0.2) is 55.0 Å². The number of ether oxygens (including phenoxy) is 1. The van der Waals surface area contributed by atoms with Crippen LogP contribution in [0.5, 0.6) is 5.75 Å². The summed E-state index contributed by atoms with van der Waals surface area (Å²) in [5.74, 6) is -2.10. The van der Waals surface area contributed by atoms with Crippen LogP contribution in [0.25, 0.3) is 6.08 Å². The zero-order valence-electron chi connectivity index (χ0n) is 20.3. The Balaban J connectivity index is 1.73. The van der Waals surface area contributed by atoms with Crippen LogP contribution in [0.3, 0.4) is 0 Å². The summed E-state index contributed by atoms with van der Waals surface area (Å²) in [7, 11) is 1.54. The molecular weight excluding hydrogens is 455 g/mol. The molecule has 0 unspecified atom stereocenters. The first-order chi connectivity index (χ1) is 16.5. The Hall–Kier alpha value is -3.43. The average molecular weight is 489 g/mol. The number of hydrogen-bond acceptors (Lipinski definition) is 5. The topological polar surface area (TPSA) is 140 Å². The molecule has 1 fully saturated rings. The number of hydrogen-bond donors (Lipinski definition) is 4. The highest BCUT2D eigenvalue weighted by atomic mass is 19.1. The Morgan fingerprint density at radius 3 is 2.63 bits per heavy atom. The minimum absolute atomic E-state index is 0.0346. The van der Waals surface area contributed by atoms with E-state index < -0.39 is 41.4 Å². The van der Waals surface area contributed by atoms with E-state index in [0.717, 1.165) is 17.5 Å². The van der Waals surface area contributed by atoms with E-state index in [4.69, 9.17) is 10.5 Å². The van der Waals surface area contributed by atoms with Gasteiger partial charge in [-0.1, -0.05) is 12.1 Å². The maximum Gasteiger partial charge on any atom is 0.248 e. The molecule has 1 heterocycles. The summed E-state index contributed by atoms with van der Waals surface area (Å²) < 4.78 is 19.9. The maximum absolute atomic E-state index is 14.6. The molecule has 0 saturated carbocycles. The second-order valence-electron chi connectivity index (χ2n) is 9.66. The van der Waals surface area contributed by atoms with E-state index in [-0.39, 0.29) is 18.7 Å². The predicted octanol–water partition coefficient (Wildman–Crippen LogP) is 1.14. The first-order valence-electron chi connectivity index (χ1n) is 11.7. The van der Waals surface area contributed by atoms with Crippen LogP contribution in [-0.2, 0) is 25.6 Å². The number of halogens is 1. The van der Waals surface area contributed by atoms with Gasteiger partial charge in [0.25, 0.3) is 0 Å². The number of methoxy groups -OCH3 is 1. The number of carbonyl (C=O) groups is 4. The van der Waals surface area contributed by atoms with E-state index in [1.165, 1.54) is 21.0 Å². The van der Waals surface area contributed by atoms with Crippen molar-refractivity contribution in [1.82, 2.24) is 16.0 Å². The minimum atomic E-state index is -1.78. The fraction of sp³-hybridized carbons (Fsp3) is 0.520. The molecule has 35 heavy (non-hydrogen) atoms. The Kier molecular flexibility index (Phi) is 8.14. The smallest absolute Gasteiger partial charge is 0.248 e. The number of carbonyl (C=O) groups excluding carboxylic acids is 4. The summed E-state index contributed by atoms with van der Waals surface area (Å²) in [6.45, 7) is 3.16. The predicted molar refractivity (Wildman–Crippen MR) is 128 cm³/mol. The van der Waals surface area contributed by atoms with Crippen LogP contribution in [0, 0.1) is 5.92 Å². The molecule has 0 aromatic heterocycles. The van der Waals surface area contributed by atoms with Gasteiger partial charge in [-0.2, -0.15) is 0 Å². The third-order valence-electron chi connectivity index (χ3n) is 6.26. The lowest BCUT2D eigenvalue weighted by Crippen LogP contribution is -2.55. The first-order valence-corrected chi connectivity index (χ1v) is 11.7. The fourth-order valence-electron chi connectivity index (χ4n) is 4.47. The van der Waals surface area contributed by atoms with E-state index in [2.05, 4.69) is 16.0 Å². The summed E-state index contributed by atoms with van der Waals surface area (Å²) in [6.07, 6.45) is 3.07. The molecule has 0 bridgehead atoms. The number of alkyl halides is 1. The van der Waals surface area contributed by atoms with Crippen LogP contribution in [0.2, 0.25) is 0 Å². The molecular formula is C25H33FN4O5. The van der Waals surface area contributed by atoms with E-state index in [1.54, 1.807) is 12.1 Å². The highest BCUT2D eigenvalue weighted by Gasteiger charge is 2.34. The molecule has 4 amide bonds. The van der Waals surface area contributed by atoms with Gasteiger partial charge in [0, 0.05) is 36.4 Å². The van der Waals surface area contributed by atoms with Gasteiger partial charge >= 0.3 is 0 Å². The third-order valence-corrected chi connectivity index (χ3v) is 6.26. The SMILES string of the molecule is COc1cccc2c1C=C(C(=O)N[C@@H](CC(C)(C)F)C(=O)N[C@@H](C[C@@H]1CCCNC1=O)C(N)=O)C2. The van der Waals surface area contributed by atoms with Crippen LogP contribution in [0.15, 0.2) is 23.8 Å². The largest absolute Gasteiger partial charge is 0.496 e. The summed E-state index contributed by atoms with van der Waals surface area (Å²) >= 11 is 0. The second-order valence-corrected chi connectivity index (χ2v) is 9.66. The summed E-state index contributed by atoms with van der Waals surface area (Å²) in [5, 5.41) is 7.87. The van der Waals surface area contributed by atoms with Crippen molar-refractivity contribution in [3.8, 4) is 5.75 Å². The Morgan fingerprint density at radius 1 is 1.26 bits per heavy atom. The van der Waals surface area contributed by atoms with Gasteiger partial charge in [-0.25, -0.2) is 4.39 Å². The zero-order chi connectivity index (χ0) is 25.8. The van der Waals surface area contributed by atoms with Crippen LogP contribution >= 0.6 is 0 Å². The Labute approximate surface area is 204 Å². The standard InChI is InChI=1S/C25H33FN4O5/c1-25(2,26)13-19(24(34)29-18(21(27)31)12-15-7-5-9-28-22(15)32)30-23(33)16-10-14-6-4-8-20(35-3)17(14)11-16/h4,6,8,11,15,18-19H,5,7,9-10,12-13H2,1-3H3,(H2,27,31)(H,28,32)(H,29,34)(H,30,33)/t15-,18-,19-/m0/s1. The molecule has 1 aromatic rings. The van der Waals surface area contributed by atoms with Gasteiger partial charge in [0.2, 0.25) is 23.6 Å². The van der Waals surface area contributed by atoms with E-state index in [9.17, 15) is 23.6 Å². The minimum Gasteiger partial charge on any atom is -0.496 e. The molecule has 0 radical (unpaired) electrons. The number of fused-ring (bicyclic) bond motifs is 1. The number of primary amides is 1. The normalized spacial score (nSPS) is 19.0. The van der Waals surface area contributed by atoms with Crippen LogP contribution in [0.4, 0.5) is 4.39 Å². The lowest BCUT2D eigenvalue weighted by molar-refractivity contribution is -0.132. The fourth-order valence-corrected chi connectivity index (χ4v) is 4.47. The molecule has 1 aliphatic carbocycles. The average Bonchev–Trinajstić information content (AvgIpc) is 3.23. The molecule has 9 nitrogen and oxygen atoms in total. The molecule has 0 spiro atoms. The van der Waals surface area contributed by atoms with Crippen molar-refractivity contribution < 1.29 is 28.3 Å². The van der Waals surface area contributed by atoms with E-state index >= 15 is 0 Å². The summed E-state index contributed by atoms with van der Waals surface area (Å²) in [6, 6.07) is 3.11. The monoisotopic (exact) mass is 488 g/mol. The zero-order valence-corrected chi connectivity index (χ0v) is 20.3. The molecule has 5 N–H and O–H groups in total. The molecule has 1 saturated heterocycles. The number of piperidine rings is 1. The van der Waals surface area contributed by atoms with Crippen molar-refractivity contribution in [3.05, 3.63) is 34.9 Å². The lowest BCUT2D eigenvalue weighted by Gasteiger charge is -2.28. The Morgan fingerprint density at radius 2 is 2.00 bits per heavy atom. The summed E-state index contributed by atoms with van der Waals surface area (Å²) in [4.78, 5) is 50.2. The summed E-state index contributed by atoms with van der Waals surface area (Å²) in [5.41, 5.74) is 5.80. The lowest BCUT2D eigenvalue weighted by atomic mass is 9.91. The molecule has 1 aromatic carbocycles. The van der Waals surface area contributed by atoms with E-state index in [0.29, 0.717) is 30.7 Å². The molecule has 1 aliphatic heterocycles. The van der Waals surface area contributed by atoms with Gasteiger partial charge in [0.1, 0.15) is 23.5 Å². The number of nitrogens with one attached hydrogen (secondary N) is 3. The number of rotatable bonds is 10. The molecule has 3 rings (SSSR count). The second kappa shape index (κ2) is 10.9. The molecule has 190 valence electrons. The number of amides is 4. The molecule has 2 aliphatic rings. The molecule has 3 atom stereocenters. The number of benzene rings is 1. The van der Waals surface area contributed by atoms with Gasteiger partial charge in [0.05, 0.1) is 7.11 Å². The highest BCUT2D eigenvalue weighted by Crippen LogP contribution is 2.32. The van der Waals surface area contributed by atoms with Crippen molar-refractivity contribution in [2.45, 2.75) is 63.7 Å². The van der Waals surface area contributed by atoms with Gasteiger partial charge in [-0.3, -0.25) is 19.2 Å².